The molecule has 0 saturated heterocycles. The molecule has 2 amide bonds. The van der Waals surface area contributed by atoms with E-state index in [2.05, 4.69) is 5.32 Å². The summed E-state index contributed by atoms with van der Waals surface area (Å²) in [6.07, 6.45) is 6.55. The van der Waals surface area contributed by atoms with Crippen molar-refractivity contribution in [3.05, 3.63) is 65.7 Å². The van der Waals surface area contributed by atoms with Crippen molar-refractivity contribution < 1.29 is 18.0 Å². The van der Waals surface area contributed by atoms with Crippen molar-refractivity contribution in [2.24, 2.45) is 0 Å². The number of benzene rings is 2. The number of amides is 2. The summed E-state index contributed by atoms with van der Waals surface area (Å²) in [7, 11) is -3.50. The molecule has 0 aliphatic heterocycles. The summed E-state index contributed by atoms with van der Waals surface area (Å²) in [5.74, 6) is -0.265. The molecule has 3 rings (SSSR count). The summed E-state index contributed by atoms with van der Waals surface area (Å²) in [6.45, 7) is 4.32. The zero-order valence-electron chi connectivity index (χ0n) is 21.7. The van der Waals surface area contributed by atoms with Gasteiger partial charge in [-0.05, 0) is 62.8 Å². The van der Waals surface area contributed by atoms with Gasteiger partial charge in [-0.2, -0.15) is 0 Å². The number of anilines is 1. The first-order valence-corrected chi connectivity index (χ1v) is 14.7. The molecule has 0 heterocycles. The van der Waals surface area contributed by atoms with Gasteiger partial charge in [0.25, 0.3) is 0 Å². The van der Waals surface area contributed by atoms with E-state index in [0.717, 1.165) is 36.8 Å². The van der Waals surface area contributed by atoms with Gasteiger partial charge in [-0.3, -0.25) is 13.9 Å². The van der Waals surface area contributed by atoms with Gasteiger partial charge in [0.05, 0.1) is 11.9 Å². The standard InChI is InChI=1S/C28H39N3O4S/c1-22-11-9-16-26(21-22)31(36(3,34)35)19-10-17-27(32)30(20-18-24-12-5-4-6-13-24)23(2)28(33)29-25-14-7-8-15-25/h4-6,9,11-13,16,21,23,25H,7-8,10,14-15,17-20H2,1-3H3,(H,29,33)/t23-/m0/s1. The molecule has 8 heteroatoms. The molecule has 0 bridgehead atoms. The Kier molecular flexibility index (Phi) is 9.93. The minimum atomic E-state index is -3.50. The van der Waals surface area contributed by atoms with Crippen molar-refractivity contribution in [1.82, 2.24) is 10.2 Å². The zero-order chi connectivity index (χ0) is 26.1. The lowest BCUT2D eigenvalue weighted by Gasteiger charge is -2.30. The number of carbonyl (C=O) groups excluding carboxylic acids is 2. The third-order valence-corrected chi connectivity index (χ3v) is 7.99. The highest BCUT2D eigenvalue weighted by Crippen LogP contribution is 2.21. The molecule has 36 heavy (non-hydrogen) atoms. The molecule has 196 valence electrons. The second-order valence-electron chi connectivity index (χ2n) is 9.77. The van der Waals surface area contributed by atoms with E-state index in [1.165, 1.54) is 10.6 Å². The minimum absolute atomic E-state index is 0.124. The first-order chi connectivity index (χ1) is 17.1. The van der Waals surface area contributed by atoms with Crippen molar-refractivity contribution in [2.75, 3.05) is 23.7 Å². The Hall–Kier alpha value is -2.87. The molecule has 0 radical (unpaired) electrons. The van der Waals surface area contributed by atoms with Crippen LogP contribution >= 0.6 is 0 Å². The Labute approximate surface area is 215 Å². The van der Waals surface area contributed by atoms with E-state index in [9.17, 15) is 18.0 Å². The predicted octanol–water partition coefficient (Wildman–Crippen LogP) is 4.06. The average molecular weight is 514 g/mol. The molecule has 1 saturated carbocycles. The molecular weight excluding hydrogens is 474 g/mol. The van der Waals surface area contributed by atoms with Gasteiger partial charge in [0.15, 0.2) is 0 Å². The Bertz CT molecular complexity index is 1110. The van der Waals surface area contributed by atoms with Crippen LogP contribution in [-0.2, 0) is 26.0 Å². The van der Waals surface area contributed by atoms with Gasteiger partial charge < -0.3 is 10.2 Å². The van der Waals surface area contributed by atoms with Crippen molar-refractivity contribution in [2.45, 2.75) is 70.9 Å². The topological polar surface area (TPSA) is 86.8 Å². The van der Waals surface area contributed by atoms with Crippen LogP contribution in [0, 0.1) is 6.92 Å². The molecule has 1 fully saturated rings. The van der Waals surface area contributed by atoms with Crippen LogP contribution in [-0.4, -0.2) is 56.6 Å². The summed E-state index contributed by atoms with van der Waals surface area (Å²) in [5, 5.41) is 3.11. The van der Waals surface area contributed by atoms with Gasteiger partial charge in [-0.1, -0.05) is 55.3 Å². The van der Waals surface area contributed by atoms with Gasteiger partial charge in [-0.25, -0.2) is 8.42 Å². The van der Waals surface area contributed by atoms with Crippen LogP contribution < -0.4 is 9.62 Å². The summed E-state index contributed by atoms with van der Waals surface area (Å²) in [5.41, 5.74) is 2.66. The quantitative estimate of drug-likeness (QED) is 0.464. The maximum absolute atomic E-state index is 13.3. The fraction of sp³-hybridized carbons (Fsp3) is 0.500. The van der Waals surface area contributed by atoms with Crippen LogP contribution in [0.1, 0.15) is 56.6 Å². The van der Waals surface area contributed by atoms with Crippen molar-refractivity contribution in [3.63, 3.8) is 0 Å². The summed E-state index contributed by atoms with van der Waals surface area (Å²) < 4.78 is 26.2. The number of sulfonamides is 1. The van der Waals surface area contributed by atoms with Crippen LogP contribution in [0.4, 0.5) is 5.69 Å². The Balaban J connectivity index is 1.67. The fourth-order valence-corrected chi connectivity index (χ4v) is 5.71. The SMILES string of the molecule is Cc1cccc(N(CCCC(=O)N(CCc2ccccc2)[C@@H](C)C(=O)NC2CCCC2)S(C)(=O)=O)c1. The molecule has 2 aromatic rings. The number of aryl methyl sites for hydroxylation is 1. The lowest BCUT2D eigenvalue weighted by Crippen LogP contribution is -2.50. The van der Waals surface area contributed by atoms with Crippen LogP contribution in [0.25, 0.3) is 0 Å². The second kappa shape index (κ2) is 12.9. The Morgan fingerprint density at radius 1 is 1.03 bits per heavy atom. The minimum Gasteiger partial charge on any atom is -0.352 e. The first-order valence-electron chi connectivity index (χ1n) is 12.8. The van der Waals surface area contributed by atoms with Gasteiger partial charge in [0, 0.05) is 25.6 Å². The van der Waals surface area contributed by atoms with Crippen LogP contribution in [0.5, 0.6) is 0 Å². The third kappa shape index (κ3) is 8.08. The lowest BCUT2D eigenvalue weighted by molar-refractivity contribution is -0.140. The number of rotatable bonds is 12. The second-order valence-corrected chi connectivity index (χ2v) is 11.7. The summed E-state index contributed by atoms with van der Waals surface area (Å²) >= 11 is 0. The van der Waals surface area contributed by atoms with Crippen molar-refractivity contribution >= 4 is 27.5 Å². The highest BCUT2D eigenvalue weighted by molar-refractivity contribution is 7.92. The molecule has 1 aliphatic rings. The van der Waals surface area contributed by atoms with Crippen molar-refractivity contribution in [1.29, 1.82) is 0 Å². The fourth-order valence-electron chi connectivity index (χ4n) is 4.75. The summed E-state index contributed by atoms with van der Waals surface area (Å²) in [6, 6.07) is 16.8. The van der Waals surface area contributed by atoms with Crippen molar-refractivity contribution in [3.8, 4) is 0 Å². The van der Waals surface area contributed by atoms with Crippen LogP contribution in [0.15, 0.2) is 54.6 Å². The highest BCUT2D eigenvalue weighted by Gasteiger charge is 2.28. The Morgan fingerprint density at radius 2 is 1.72 bits per heavy atom. The molecule has 0 unspecified atom stereocenters. The molecule has 0 aromatic heterocycles. The van der Waals surface area contributed by atoms with Crippen LogP contribution in [0.3, 0.4) is 0 Å². The van der Waals surface area contributed by atoms with E-state index in [0.29, 0.717) is 25.1 Å². The van der Waals surface area contributed by atoms with E-state index >= 15 is 0 Å². The van der Waals surface area contributed by atoms with E-state index in [1.54, 1.807) is 17.9 Å². The molecule has 1 aliphatic carbocycles. The van der Waals surface area contributed by atoms with Gasteiger partial charge in [0.1, 0.15) is 6.04 Å². The van der Waals surface area contributed by atoms with E-state index in [-0.39, 0.29) is 30.8 Å². The third-order valence-electron chi connectivity index (χ3n) is 6.79. The van der Waals surface area contributed by atoms with Gasteiger partial charge >= 0.3 is 0 Å². The smallest absolute Gasteiger partial charge is 0.242 e. The number of nitrogens with one attached hydrogen (secondary N) is 1. The lowest BCUT2D eigenvalue weighted by atomic mass is 10.1. The molecular formula is C28H39N3O4S. The van der Waals surface area contributed by atoms with Crippen LogP contribution in [0.2, 0.25) is 0 Å². The van der Waals surface area contributed by atoms with E-state index in [1.807, 2.05) is 55.5 Å². The normalized spacial score (nSPS) is 14.9. The zero-order valence-corrected chi connectivity index (χ0v) is 22.5. The first kappa shape index (κ1) is 27.7. The van der Waals surface area contributed by atoms with E-state index in [4.69, 9.17) is 0 Å². The largest absolute Gasteiger partial charge is 0.352 e. The molecule has 2 aromatic carbocycles. The maximum Gasteiger partial charge on any atom is 0.242 e. The number of nitrogens with zero attached hydrogens (tertiary/aromatic N) is 2. The summed E-state index contributed by atoms with van der Waals surface area (Å²) in [4.78, 5) is 28.0. The number of carbonyl (C=O) groups is 2. The number of hydrogen-bond acceptors (Lipinski definition) is 4. The molecule has 1 N–H and O–H groups in total. The predicted molar refractivity (Wildman–Crippen MR) is 144 cm³/mol. The molecule has 7 nitrogen and oxygen atoms in total. The highest BCUT2D eigenvalue weighted by atomic mass is 32.2. The number of hydrogen-bond donors (Lipinski definition) is 1. The molecule has 1 atom stereocenters. The molecule has 0 spiro atoms. The van der Waals surface area contributed by atoms with Gasteiger partial charge in [-0.15, -0.1) is 0 Å². The monoisotopic (exact) mass is 513 g/mol. The average Bonchev–Trinajstić information content (AvgIpc) is 3.34. The van der Waals surface area contributed by atoms with Gasteiger partial charge in [0.2, 0.25) is 21.8 Å². The Morgan fingerprint density at radius 3 is 2.36 bits per heavy atom. The van der Waals surface area contributed by atoms with E-state index < -0.39 is 16.1 Å². The maximum atomic E-state index is 13.3.